The maximum Gasteiger partial charge on any atom is 0.338 e. The summed E-state index contributed by atoms with van der Waals surface area (Å²) in [6.45, 7) is 0. The largest absolute Gasteiger partial charge is 0.497 e. The van der Waals surface area contributed by atoms with Crippen molar-refractivity contribution in [1.82, 2.24) is 9.13 Å². The molecule has 1 aromatic heterocycles. The van der Waals surface area contributed by atoms with Crippen LogP contribution in [-0.4, -0.2) is 39.8 Å². The molecule has 12 nitrogen and oxygen atoms in total. The van der Waals surface area contributed by atoms with Crippen LogP contribution in [0, 0.1) is 10.1 Å². The number of imidazole rings is 1. The Morgan fingerprint density at radius 3 is 2.50 bits per heavy atom. The van der Waals surface area contributed by atoms with Gasteiger partial charge in [0, 0.05) is 6.04 Å². The third-order valence-corrected chi connectivity index (χ3v) is 6.39. The van der Waals surface area contributed by atoms with Crippen molar-refractivity contribution in [1.29, 1.82) is 0 Å². The highest BCUT2D eigenvalue weighted by Gasteiger charge is 2.32. The molecular formula is C19H18N4O8S. The summed E-state index contributed by atoms with van der Waals surface area (Å²) in [6, 6.07) is 8.60. The summed E-state index contributed by atoms with van der Waals surface area (Å²) in [7, 11) is -3.10. The molecule has 0 bridgehead atoms. The molecule has 168 valence electrons. The van der Waals surface area contributed by atoms with Gasteiger partial charge in [-0.25, -0.2) is 17.8 Å². The first kappa shape index (κ1) is 21.2. The minimum Gasteiger partial charge on any atom is -0.497 e. The van der Waals surface area contributed by atoms with Crippen LogP contribution in [0.25, 0.3) is 5.69 Å². The van der Waals surface area contributed by atoms with Crippen molar-refractivity contribution in [3.05, 3.63) is 63.1 Å². The molecular weight excluding hydrogens is 444 g/mol. The Labute approximate surface area is 181 Å². The summed E-state index contributed by atoms with van der Waals surface area (Å²) >= 11 is 0. The van der Waals surface area contributed by atoms with Crippen LogP contribution >= 0.6 is 0 Å². The van der Waals surface area contributed by atoms with E-state index in [1.54, 1.807) is 0 Å². The predicted molar refractivity (Wildman–Crippen MR) is 112 cm³/mol. The highest BCUT2D eigenvalue weighted by molar-refractivity contribution is 7.92. The Balaban J connectivity index is 1.73. The fourth-order valence-electron chi connectivity index (χ4n) is 3.30. The fourth-order valence-corrected chi connectivity index (χ4v) is 4.51. The van der Waals surface area contributed by atoms with Gasteiger partial charge in [-0.2, -0.15) is 0 Å². The summed E-state index contributed by atoms with van der Waals surface area (Å²) in [5, 5.41) is 31.7. The first-order chi connectivity index (χ1) is 15.1. The number of hydrogen-bond acceptors (Lipinski definition) is 8. The number of anilines is 1. The summed E-state index contributed by atoms with van der Waals surface area (Å²) in [6.07, 6.45) is 1.38. The second-order valence-electron chi connectivity index (χ2n) is 7.11. The minimum absolute atomic E-state index is 0.0161. The first-order valence-electron chi connectivity index (χ1n) is 9.35. The molecule has 2 aromatic carbocycles. The van der Waals surface area contributed by atoms with E-state index >= 15 is 0 Å². The molecule has 4 rings (SSSR count). The molecule has 3 N–H and O–H groups in total. The number of nitrogens with zero attached hydrogens (tertiary/aromatic N) is 3. The molecule has 1 saturated carbocycles. The van der Waals surface area contributed by atoms with Crippen LogP contribution in [0.4, 0.5) is 11.4 Å². The van der Waals surface area contributed by atoms with Gasteiger partial charge >= 0.3 is 5.69 Å². The maximum absolute atomic E-state index is 12.8. The van der Waals surface area contributed by atoms with E-state index in [-0.39, 0.29) is 23.2 Å². The topological polar surface area (TPSA) is 166 Å². The number of ether oxygens (including phenoxy) is 1. The number of nitro benzene ring substituents is 1. The minimum atomic E-state index is -4.39. The Morgan fingerprint density at radius 1 is 1.16 bits per heavy atom. The van der Waals surface area contributed by atoms with Crippen LogP contribution in [0.15, 0.2) is 52.2 Å². The van der Waals surface area contributed by atoms with Crippen molar-refractivity contribution < 1.29 is 28.3 Å². The number of rotatable bonds is 7. The van der Waals surface area contributed by atoms with Gasteiger partial charge in [0.1, 0.15) is 5.75 Å². The lowest BCUT2D eigenvalue weighted by molar-refractivity contribution is -0.387. The molecule has 1 heterocycles. The summed E-state index contributed by atoms with van der Waals surface area (Å²) in [4.78, 5) is 22.6. The number of nitrogens with one attached hydrogen (secondary N) is 1. The number of hydrogen-bond donors (Lipinski definition) is 3. The first-order valence-corrected chi connectivity index (χ1v) is 10.8. The van der Waals surface area contributed by atoms with Crippen molar-refractivity contribution in [2.45, 2.75) is 23.8 Å². The SMILES string of the molecule is COc1ccc(S(=O)(=O)Nc2cccc(-n3c(O)c(O)n(C4CC4)c3=O)c2)c([N+](=O)[O-])c1. The van der Waals surface area contributed by atoms with Gasteiger partial charge in [-0.1, -0.05) is 6.07 Å². The smallest absolute Gasteiger partial charge is 0.338 e. The van der Waals surface area contributed by atoms with Gasteiger partial charge in [-0.3, -0.25) is 19.4 Å². The Hall–Kier alpha value is -4.00. The van der Waals surface area contributed by atoms with E-state index < -0.39 is 43.0 Å². The molecule has 0 aliphatic heterocycles. The second-order valence-corrected chi connectivity index (χ2v) is 8.76. The van der Waals surface area contributed by atoms with Gasteiger partial charge < -0.3 is 14.9 Å². The van der Waals surface area contributed by atoms with Crippen molar-refractivity contribution in [3.63, 3.8) is 0 Å². The second kappa shape index (κ2) is 7.60. The lowest BCUT2D eigenvalue weighted by atomic mass is 10.3. The summed E-state index contributed by atoms with van der Waals surface area (Å²) in [5.74, 6) is -1.13. The van der Waals surface area contributed by atoms with Gasteiger partial charge in [0.15, 0.2) is 4.90 Å². The number of nitro groups is 1. The average molecular weight is 462 g/mol. The molecule has 0 atom stereocenters. The monoisotopic (exact) mass is 462 g/mol. The zero-order chi connectivity index (χ0) is 23.2. The molecule has 0 amide bonds. The quantitative estimate of drug-likeness (QED) is 0.354. The van der Waals surface area contributed by atoms with Crippen molar-refractivity contribution in [3.8, 4) is 23.2 Å². The van der Waals surface area contributed by atoms with Crippen molar-refractivity contribution in [2.24, 2.45) is 0 Å². The Bertz CT molecular complexity index is 1390. The molecule has 32 heavy (non-hydrogen) atoms. The Kier molecular flexibility index (Phi) is 5.05. The van der Waals surface area contributed by atoms with E-state index in [0.717, 1.165) is 21.3 Å². The molecule has 0 unspecified atom stereocenters. The van der Waals surface area contributed by atoms with E-state index in [2.05, 4.69) is 4.72 Å². The lowest BCUT2D eigenvalue weighted by Gasteiger charge is -2.11. The van der Waals surface area contributed by atoms with Gasteiger partial charge in [0.25, 0.3) is 27.5 Å². The third-order valence-electron chi connectivity index (χ3n) is 4.96. The summed E-state index contributed by atoms with van der Waals surface area (Å²) < 4.78 is 34.8. The van der Waals surface area contributed by atoms with E-state index in [9.17, 15) is 33.5 Å². The van der Waals surface area contributed by atoms with Crippen LogP contribution in [0.2, 0.25) is 0 Å². The van der Waals surface area contributed by atoms with E-state index in [0.29, 0.717) is 12.8 Å². The highest BCUT2D eigenvalue weighted by Crippen LogP contribution is 2.40. The number of aromatic hydroxyl groups is 2. The number of sulfonamides is 1. The molecule has 13 heteroatoms. The van der Waals surface area contributed by atoms with Gasteiger partial charge in [-0.05, 0) is 43.2 Å². The number of methoxy groups -OCH3 is 1. The zero-order valence-electron chi connectivity index (χ0n) is 16.6. The number of aromatic nitrogens is 2. The highest BCUT2D eigenvalue weighted by atomic mass is 32.2. The van der Waals surface area contributed by atoms with Crippen LogP contribution in [-0.2, 0) is 10.0 Å². The van der Waals surface area contributed by atoms with Crippen molar-refractivity contribution >= 4 is 21.4 Å². The molecule has 0 saturated heterocycles. The van der Waals surface area contributed by atoms with Gasteiger partial charge in [-0.15, -0.1) is 0 Å². The molecule has 1 fully saturated rings. The third kappa shape index (κ3) is 3.62. The zero-order valence-corrected chi connectivity index (χ0v) is 17.4. The summed E-state index contributed by atoms with van der Waals surface area (Å²) in [5.41, 5.74) is -1.27. The number of benzene rings is 2. The van der Waals surface area contributed by atoms with Crippen molar-refractivity contribution in [2.75, 3.05) is 11.8 Å². The normalized spacial score (nSPS) is 13.7. The maximum atomic E-state index is 12.8. The average Bonchev–Trinajstić information content (AvgIpc) is 3.55. The van der Waals surface area contributed by atoms with Gasteiger partial charge in [0.2, 0.25) is 0 Å². The Morgan fingerprint density at radius 2 is 1.88 bits per heavy atom. The lowest BCUT2D eigenvalue weighted by Crippen LogP contribution is -2.22. The van der Waals surface area contributed by atoms with Gasteiger partial charge in [0.05, 0.1) is 29.5 Å². The van der Waals surface area contributed by atoms with E-state index in [1.807, 2.05) is 0 Å². The van der Waals surface area contributed by atoms with Crippen LogP contribution in [0.3, 0.4) is 0 Å². The molecule has 0 spiro atoms. The van der Waals surface area contributed by atoms with Crippen LogP contribution < -0.4 is 15.1 Å². The molecule has 1 aliphatic rings. The molecule has 3 aromatic rings. The van der Waals surface area contributed by atoms with Crippen LogP contribution in [0.5, 0.6) is 17.5 Å². The standard InChI is InChI=1S/C19H18N4O8S/c1-31-14-7-8-16(15(10-14)23(27)28)32(29,30)20-11-3-2-4-13(9-11)22-18(25)17(24)21(19(22)26)12-5-6-12/h2-4,7-10,12,20,24-25H,5-6H2,1H3. The fraction of sp³-hybridized carbons (Fsp3) is 0.211. The molecule has 1 aliphatic carbocycles. The van der Waals surface area contributed by atoms with Crippen LogP contribution in [0.1, 0.15) is 18.9 Å². The molecule has 0 radical (unpaired) electrons. The van der Waals surface area contributed by atoms with E-state index in [4.69, 9.17) is 4.74 Å². The predicted octanol–water partition coefficient (Wildman–Crippen LogP) is 2.10. The van der Waals surface area contributed by atoms with E-state index in [1.165, 1.54) is 37.4 Å².